The van der Waals surface area contributed by atoms with Gasteiger partial charge >= 0.3 is 23.6 Å². The Balaban J connectivity index is 2.47. The number of hydrogen-bond donors (Lipinski definition) is 1. The van der Waals surface area contributed by atoms with Gasteiger partial charge in [0.1, 0.15) is 12.7 Å². The Hall–Kier alpha value is -3.02. The number of aromatic nitrogens is 2. The van der Waals surface area contributed by atoms with E-state index in [1.807, 2.05) is 0 Å². The minimum atomic E-state index is -1.45. The summed E-state index contributed by atoms with van der Waals surface area (Å²) in [6, 6.07) is 0. The second-order valence-corrected chi connectivity index (χ2v) is 5.66. The second kappa shape index (κ2) is 8.12. The predicted molar refractivity (Wildman–Crippen MR) is 82.9 cm³/mol. The van der Waals surface area contributed by atoms with E-state index in [4.69, 9.17) is 18.9 Å². The molecule has 1 aliphatic heterocycles. The zero-order valence-electron chi connectivity index (χ0n) is 14.6. The molecule has 0 unspecified atom stereocenters. The van der Waals surface area contributed by atoms with Crippen molar-refractivity contribution in [2.45, 2.75) is 45.3 Å². The van der Waals surface area contributed by atoms with Gasteiger partial charge in [-0.3, -0.25) is 28.7 Å². The van der Waals surface area contributed by atoms with Gasteiger partial charge in [-0.15, -0.1) is 0 Å². The Bertz CT molecular complexity index is 862. The molecule has 4 atom stereocenters. The number of rotatable bonds is 5. The number of nitrogens with one attached hydrogen (secondary N) is 1. The third-order valence-electron chi connectivity index (χ3n) is 3.54. The van der Waals surface area contributed by atoms with Crippen molar-refractivity contribution in [3.8, 4) is 0 Å². The van der Waals surface area contributed by atoms with Gasteiger partial charge in [-0.05, 0) is 0 Å². The lowest BCUT2D eigenvalue weighted by atomic mass is 10.1. The van der Waals surface area contributed by atoms with E-state index in [9.17, 15) is 28.4 Å². The maximum absolute atomic E-state index is 13.6. The molecule has 0 spiro atoms. The summed E-state index contributed by atoms with van der Waals surface area (Å²) in [4.78, 5) is 58.9. The largest absolute Gasteiger partial charge is 0.463 e. The molecule has 1 aromatic rings. The molecule has 2 heterocycles. The van der Waals surface area contributed by atoms with Crippen molar-refractivity contribution in [1.82, 2.24) is 9.55 Å². The molecular formula is C15H17FN2O9. The van der Waals surface area contributed by atoms with E-state index in [0.717, 1.165) is 20.8 Å². The molecule has 0 aliphatic carbocycles. The molecule has 0 amide bonds. The van der Waals surface area contributed by atoms with Crippen LogP contribution in [0, 0.1) is 5.82 Å². The molecule has 148 valence electrons. The number of nitrogens with zero attached hydrogens (tertiary/aromatic N) is 1. The monoisotopic (exact) mass is 388 g/mol. The molecule has 0 radical (unpaired) electrons. The zero-order chi connectivity index (χ0) is 20.3. The van der Waals surface area contributed by atoms with E-state index in [1.165, 1.54) is 0 Å². The molecule has 0 bridgehead atoms. The van der Waals surface area contributed by atoms with Gasteiger partial charge in [0.2, 0.25) is 5.82 Å². The third kappa shape index (κ3) is 4.78. The van der Waals surface area contributed by atoms with E-state index < -0.39 is 59.5 Å². The molecule has 27 heavy (non-hydrogen) atoms. The van der Waals surface area contributed by atoms with Crippen LogP contribution < -0.4 is 11.2 Å². The van der Waals surface area contributed by atoms with Crippen molar-refractivity contribution in [3.05, 3.63) is 32.9 Å². The highest BCUT2D eigenvalue weighted by molar-refractivity contribution is 5.67. The summed E-state index contributed by atoms with van der Waals surface area (Å²) in [5.41, 5.74) is -2.29. The number of H-pyrrole nitrogens is 1. The minimum Gasteiger partial charge on any atom is -0.463 e. The van der Waals surface area contributed by atoms with Crippen LogP contribution in [0.1, 0.15) is 27.0 Å². The van der Waals surface area contributed by atoms with Gasteiger partial charge in [-0.1, -0.05) is 0 Å². The number of carbonyl (C=O) groups is 3. The molecular weight excluding hydrogens is 371 g/mol. The second-order valence-electron chi connectivity index (χ2n) is 5.66. The van der Waals surface area contributed by atoms with Gasteiger partial charge in [0.25, 0.3) is 5.56 Å². The van der Waals surface area contributed by atoms with E-state index in [0.29, 0.717) is 10.8 Å². The third-order valence-corrected chi connectivity index (χ3v) is 3.54. The van der Waals surface area contributed by atoms with Gasteiger partial charge in [0.05, 0.1) is 6.20 Å². The quantitative estimate of drug-likeness (QED) is 0.496. The highest BCUT2D eigenvalue weighted by atomic mass is 19.1. The first-order chi connectivity index (χ1) is 12.6. The highest BCUT2D eigenvalue weighted by Crippen LogP contribution is 2.33. The summed E-state index contributed by atoms with van der Waals surface area (Å²) < 4.78 is 34.9. The Labute approximate surface area is 151 Å². The van der Waals surface area contributed by atoms with E-state index in [1.54, 1.807) is 4.98 Å². The summed E-state index contributed by atoms with van der Waals surface area (Å²) in [6.07, 6.45) is -4.61. The Morgan fingerprint density at radius 2 is 1.70 bits per heavy atom. The number of aromatic amines is 1. The van der Waals surface area contributed by atoms with Crippen molar-refractivity contribution in [1.29, 1.82) is 0 Å². The van der Waals surface area contributed by atoms with E-state index in [-0.39, 0.29) is 6.61 Å². The zero-order valence-corrected chi connectivity index (χ0v) is 14.6. The lowest BCUT2D eigenvalue weighted by Crippen LogP contribution is -2.42. The maximum atomic E-state index is 13.6. The minimum absolute atomic E-state index is 0.387. The normalized spacial score (nSPS) is 24.3. The van der Waals surface area contributed by atoms with Crippen molar-refractivity contribution in [2.24, 2.45) is 0 Å². The van der Waals surface area contributed by atoms with Crippen LogP contribution in [0.4, 0.5) is 4.39 Å². The fourth-order valence-corrected chi connectivity index (χ4v) is 2.57. The number of carbonyl (C=O) groups excluding carboxylic acids is 3. The van der Waals surface area contributed by atoms with Crippen molar-refractivity contribution in [2.75, 3.05) is 6.61 Å². The maximum Gasteiger partial charge on any atom is 0.330 e. The number of ether oxygens (including phenoxy) is 4. The fraction of sp³-hybridized carbons (Fsp3) is 0.533. The summed E-state index contributed by atoms with van der Waals surface area (Å²) in [5, 5.41) is 0. The Morgan fingerprint density at radius 3 is 2.26 bits per heavy atom. The Morgan fingerprint density at radius 1 is 1.11 bits per heavy atom. The molecule has 0 saturated carbocycles. The fourth-order valence-electron chi connectivity index (χ4n) is 2.57. The van der Waals surface area contributed by atoms with Crippen LogP contribution in [-0.4, -0.2) is 52.4 Å². The number of halogens is 1. The van der Waals surface area contributed by atoms with Gasteiger partial charge in [0, 0.05) is 20.8 Å². The Kier molecular flexibility index (Phi) is 6.10. The molecule has 1 saturated heterocycles. The predicted octanol–water partition coefficient (Wildman–Crippen LogP) is -1.00. The van der Waals surface area contributed by atoms with Gasteiger partial charge in [-0.25, -0.2) is 4.79 Å². The molecule has 2 rings (SSSR count). The first-order valence-corrected chi connectivity index (χ1v) is 7.74. The first kappa shape index (κ1) is 20.3. The molecule has 1 N–H and O–H groups in total. The first-order valence-electron chi connectivity index (χ1n) is 7.74. The van der Waals surface area contributed by atoms with Crippen molar-refractivity contribution < 1.29 is 37.7 Å². The average Bonchev–Trinajstić information content (AvgIpc) is 2.85. The van der Waals surface area contributed by atoms with Gasteiger partial charge < -0.3 is 18.9 Å². The van der Waals surface area contributed by atoms with Crippen LogP contribution in [0.25, 0.3) is 0 Å². The van der Waals surface area contributed by atoms with Crippen LogP contribution >= 0.6 is 0 Å². The van der Waals surface area contributed by atoms with Crippen LogP contribution in [0.2, 0.25) is 0 Å². The van der Waals surface area contributed by atoms with E-state index in [2.05, 4.69) is 0 Å². The smallest absolute Gasteiger partial charge is 0.330 e. The molecule has 1 aromatic heterocycles. The number of hydrogen-bond acceptors (Lipinski definition) is 9. The van der Waals surface area contributed by atoms with Gasteiger partial charge in [-0.2, -0.15) is 4.39 Å². The summed E-state index contributed by atoms with van der Waals surface area (Å²) >= 11 is 0. The number of esters is 3. The standard InChI is InChI=1S/C15H17FN2O9/c1-6(19)24-5-10-11(25-7(2)20)12(26-8(3)21)14(27-10)18-4-9(16)13(22)17-15(18)23/h4,10-12,14H,5H2,1-3H3,(H,17,22,23)/t10-,11+,12-,14+/m0/s1. The van der Waals surface area contributed by atoms with Crippen LogP contribution in [0.3, 0.4) is 0 Å². The summed E-state index contributed by atoms with van der Waals surface area (Å²) in [6.45, 7) is 2.91. The van der Waals surface area contributed by atoms with Crippen LogP contribution in [-0.2, 0) is 33.3 Å². The molecule has 1 aliphatic rings. The topological polar surface area (TPSA) is 143 Å². The lowest BCUT2D eigenvalue weighted by Gasteiger charge is -2.23. The highest BCUT2D eigenvalue weighted by Gasteiger charge is 2.51. The lowest BCUT2D eigenvalue weighted by molar-refractivity contribution is -0.166. The molecule has 12 heteroatoms. The SMILES string of the molecule is CC(=O)OC[C@@H]1O[C@@H](n2cc(F)c(=O)[nH]c2=O)[C@@H](OC(C)=O)[C@@H]1OC(C)=O. The van der Waals surface area contributed by atoms with Gasteiger partial charge in [0.15, 0.2) is 18.4 Å². The van der Waals surface area contributed by atoms with Crippen molar-refractivity contribution in [3.63, 3.8) is 0 Å². The summed E-state index contributed by atoms with van der Waals surface area (Å²) in [7, 11) is 0. The molecule has 11 nitrogen and oxygen atoms in total. The molecule has 0 aromatic carbocycles. The van der Waals surface area contributed by atoms with Crippen LogP contribution in [0.15, 0.2) is 15.8 Å². The summed E-state index contributed by atoms with van der Waals surface area (Å²) in [5.74, 6) is -3.49. The van der Waals surface area contributed by atoms with Crippen LogP contribution in [0.5, 0.6) is 0 Å². The molecule has 1 fully saturated rings. The average molecular weight is 388 g/mol. The van der Waals surface area contributed by atoms with E-state index >= 15 is 0 Å². The van der Waals surface area contributed by atoms with Crippen molar-refractivity contribution >= 4 is 17.9 Å².